The van der Waals surface area contributed by atoms with Gasteiger partial charge in [-0.1, -0.05) is 0 Å². The molecule has 0 aliphatic carbocycles. The highest BCUT2D eigenvalue weighted by molar-refractivity contribution is 7.09. The van der Waals surface area contributed by atoms with E-state index in [0.717, 1.165) is 5.01 Å². The number of benzene rings is 1. The maximum absolute atomic E-state index is 13.7. The first-order valence-corrected chi connectivity index (χ1v) is 7.30. The number of carbonyl (C=O) groups excluding carboxylic acids is 2. The van der Waals surface area contributed by atoms with Crippen LogP contribution in [0.4, 0.5) is 15.8 Å². The van der Waals surface area contributed by atoms with Gasteiger partial charge in [0.15, 0.2) is 0 Å². The molecular formula is C15H14FN3O2S. The zero-order chi connectivity index (χ0) is 16.1. The Morgan fingerprint density at radius 2 is 2.09 bits per heavy atom. The fourth-order valence-corrected chi connectivity index (χ4v) is 2.27. The first-order valence-electron chi connectivity index (χ1n) is 6.42. The quantitative estimate of drug-likeness (QED) is 0.850. The van der Waals surface area contributed by atoms with Crippen LogP contribution in [0.5, 0.6) is 0 Å². The Morgan fingerprint density at radius 1 is 1.32 bits per heavy atom. The molecule has 114 valence electrons. The van der Waals surface area contributed by atoms with E-state index in [0.29, 0.717) is 11.4 Å². The number of rotatable bonds is 4. The molecular weight excluding hydrogens is 305 g/mol. The molecule has 2 rings (SSSR count). The maximum Gasteiger partial charge on any atom is 0.248 e. The second-order valence-electron chi connectivity index (χ2n) is 4.49. The van der Waals surface area contributed by atoms with Crippen molar-refractivity contribution in [2.75, 3.05) is 10.6 Å². The largest absolute Gasteiger partial charge is 0.326 e. The third-order valence-electron chi connectivity index (χ3n) is 2.59. The summed E-state index contributed by atoms with van der Waals surface area (Å²) in [6.07, 6.45) is 2.83. The molecule has 0 aliphatic heterocycles. The number of aromatic nitrogens is 1. The SMILES string of the molecule is CC(=O)Nc1ccc(F)c(NC(=O)/C=C/c2csc(C)n2)c1. The average molecular weight is 319 g/mol. The van der Waals surface area contributed by atoms with Crippen LogP contribution in [0.15, 0.2) is 29.7 Å². The molecule has 22 heavy (non-hydrogen) atoms. The highest BCUT2D eigenvalue weighted by atomic mass is 32.1. The summed E-state index contributed by atoms with van der Waals surface area (Å²) in [6, 6.07) is 3.95. The van der Waals surface area contributed by atoms with Gasteiger partial charge in [-0.25, -0.2) is 9.37 Å². The van der Waals surface area contributed by atoms with Gasteiger partial charge >= 0.3 is 0 Å². The summed E-state index contributed by atoms with van der Waals surface area (Å²) in [4.78, 5) is 27.0. The fourth-order valence-electron chi connectivity index (χ4n) is 1.69. The van der Waals surface area contributed by atoms with Gasteiger partial charge in [0.1, 0.15) is 5.82 Å². The van der Waals surface area contributed by atoms with Crippen LogP contribution in [0.2, 0.25) is 0 Å². The molecule has 1 aromatic carbocycles. The van der Waals surface area contributed by atoms with E-state index < -0.39 is 11.7 Å². The highest BCUT2D eigenvalue weighted by Crippen LogP contribution is 2.19. The number of nitrogens with zero attached hydrogens (tertiary/aromatic N) is 1. The van der Waals surface area contributed by atoms with Gasteiger partial charge < -0.3 is 10.6 Å². The Balaban J connectivity index is 2.07. The molecule has 5 nitrogen and oxygen atoms in total. The standard InChI is InChI=1S/C15H14FN3O2S/c1-9(20)17-11-3-5-13(16)14(7-11)19-15(21)6-4-12-8-22-10(2)18-12/h3-8H,1-2H3,(H,17,20)(H,19,21)/b6-4+. The second kappa shape index (κ2) is 6.95. The summed E-state index contributed by atoms with van der Waals surface area (Å²) in [7, 11) is 0. The van der Waals surface area contributed by atoms with Crippen LogP contribution in [-0.4, -0.2) is 16.8 Å². The van der Waals surface area contributed by atoms with Gasteiger partial charge in [-0.15, -0.1) is 11.3 Å². The fraction of sp³-hybridized carbons (Fsp3) is 0.133. The Morgan fingerprint density at radius 3 is 2.73 bits per heavy atom. The van der Waals surface area contributed by atoms with Crippen molar-refractivity contribution in [1.29, 1.82) is 0 Å². The molecule has 0 saturated carbocycles. The predicted octanol–water partition coefficient (Wildman–Crippen LogP) is 3.20. The van der Waals surface area contributed by atoms with Crippen molar-refractivity contribution in [2.24, 2.45) is 0 Å². The van der Waals surface area contributed by atoms with Crippen molar-refractivity contribution in [3.05, 3.63) is 46.2 Å². The lowest BCUT2D eigenvalue weighted by Crippen LogP contribution is -2.11. The number of nitrogens with one attached hydrogen (secondary N) is 2. The number of halogens is 1. The molecule has 2 aromatic rings. The van der Waals surface area contributed by atoms with Crippen molar-refractivity contribution < 1.29 is 14.0 Å². The molecule has 0 aliphatic rings. The van der Waals surface area contributed by atoms with E-state index >= 15 is 0 Å². The molecule has 0 unspecified atom stereocenters. The van der Waals surface area contributed by atoms with E-state index in [4.69, 9.17) is 0 Å². The van der Waals surface area contributed by atoms with Gasteiger partial charge in [-0.3, -0.25) is 9.59 Å². The van der Waals surface area contributed by atoms with Crippen LogP contribution in [0.1, 0.15) is 17.6 Å². The van der Waals surface area contributed by atoms with Crippen molar-refractivity contribution in [3.8, 4) is 0 Å². The van der Waals surface area contributed by atoms with E-state index in [1.165, 1.54) is 42.5 Å². The lowest BCUT2D eigenvalue weighted by Gasteiger charge is -2.07. The molecule has 2 amide bonds. The molecule has 1 aromatic heterocycles. The minimum Gasteiger partial charge on any atom is -0.326 e. The molecule has 0 bridgehead atoms. The van der Waals surface area contributed by atoms with Gasteiger partial charge in [0.25, 0.3) is 0 Å². The van der Waals surface area contributed by atoms with E-state index in [1.807, 2.05) is 12.3 Å². The van der Waals surface area contributed by atoms with E-state index in [-0.39, 0.29) is 11.6 Å². The van der Waals surface area contributed by atoms with Crippen LogP contribution in [0.3, 0.4) is 0 Å². The monoisotopic (exact) mass is 319 g/mol. The highest BCUT2D eigenvalue weighted by Gasteiger charge is 2.07. The third-order valence-corrected chi connectivity index (χ3v) is 3.38. The predicted molar refractivity (Wildman–Crippen MR) is 85.2 cm³/mol. The topological polar surface area (TPSA) is 71.1 Å². The maximum atomic E-state index is 13.7. The van der Waals surface area contributed by atoms with Crippen LogP contribution < -0.4 is 10.6 Å². The van der Waals surface area contributed by atoms with Crippen molar-refractivity contribution in [1.82, 2.24) is 4.98 Å². The third kappa shape index (κ3) is 4.49. The Kier molecular flexibility index (Phi) is 5.00. The van der Waals surface area contributed by atoms with Gasteiger partial charge in [-0.2, -0.15) is 0 Å². The van der Waals surface area contributed by atoms with Gasteiger partial charge in [0, 0.05) is 24.1 Å². The number of amides is 2. The summed E-state index contributed by atoms with van der Waals surface area (Å²) in [5.41, 5.74) is 1.07. The number of anilines is 2. The minimum absolute atomic E-state index is 0.00430. The number of thiazole rings is 1. The average Bonchev–Trinajstić information content (AvgIpc) is 2.85. The van der Waals surface area contributed by atoms with Gasteiger partial charge in [0.05, 0.1) is 16.4 Å². The number of hydrogen-bond donors (Lipinski definition) is 2. The molecule has 2 N–H and O–H groups in total. The second-order valence-corrected chi connectivity index (χ2v) is 5.55. The summed E-state index contributed by atoms with van der Waals surface area (Å²) < 4.78 is 13.7. The van der Waals surface area contributed by atoms with Gasteiger partial charge in [0.2, 0.25) is 11.8 Å². The molecule has 0 radical (unpaired) electrons. The first-order chi connectivity index (χ1) is 10.4. The summed E-state index contributed by atoms with van der Waals surface area (Å²) in [5.74, 6) is -1.34. The van der Waals surface area contributed by atoms with Gasteiger partial charge in [-0.05, 0) is 31.2 Å². The zero-order valence-corrected chi connectivity index (χ0v) is 12.8. The molecule has 0 saturated heterocycles. The Hall–Kier alpha value is -2.54. The summed E-state index contributed by atoms with van der Waals surface area (Å²) in [6.45, 7) is 3.21. The lowest BCUT2D eigenvalue weighted by molar-refractivity contribution is -0.114. The normalized spacial score (nSPS) is 10.7. The minimum atomic E-state index is -0.583. The molecule has 7 heteroatoms. The number of carbonyl (C=O) groups is 2. The summed E-state index contributed by atoms with van der Waals surface area (Å²) >= 11 is 1.48. The first kappa shape index (κ1) is 15.8. The van der Waals surface area contributed by atoms with Crippen molar-refractivity contribution >= 4 is 40.6 Å². The molecule has 0 atom stereocenters. The lowest BCUT2D eigenvalue weighted by atomic mass is 10.2. The molecule has 0 fully saturated rings. The van der Waals surface area contributed by atoms with E-state index in [1.54, 1.807) is 6.08 Å². The van der Waals surface area contributed by atoms with Crippen LogP contribution in [0, 0.1) is 12.7 Å². The van der Waals surface area contributed by atoms with Crippen LogP contribution in [0.25, 0.3) is 6.08 Å². The molecule has 0 spiro atoms. The van der Waals surface area contributed by atoms with Crippen LogP contribution in [-0.2, 0) is 9.59 Å². The van der Waals surface area contributed by atoms with Crippen molar-refractivity contribution in [3.63, 3.8) is 0 Å². The Bertz CT molecular complexity index is 740. The number of hydrogen-bond acceptors (Lipinski definition) is 4. The van der Waals surface area contributed by atoms with Crippen LogP contribution >= 0.6 is 11.3 Å². The number of aryl methyl sites for hydroxylation is 1. The van der Waals surface area contributed by atoms with E-state index in [2.05, 4.69) is 15.6 Å². The van der Waals surface area contributed by atoms with E-state index in [9.17, 15) is 14.0 Å². The Labute approximate surface area is 130 Å². The van der Waals surface area contributed by atoms with Crippen molar-refractivity contribution in [2.45, 2.75) is 13.8 Å². The summed E-state index contributed by atoms with van der Waals surface area (Å²) in [5, 5.41) is 7.66. The smallest absolute Gasteiger partial charge is 0.248 e. The molecule has 1 heterocycles. The zero-order valence-electron chi connectivity index (χ0n) is 12.0.